The molecule has 0 radical (unpaired) electrons. The number of nitrogen functional groups attached to an aromatic ring is 1. The maximum Gasteiger partial charge on any atom is 0.416 e. The van der Waals surface area contributed by atoms with Crippen molar-refractivity contribution in [1.82, 2.24) is 25.1 Å². The summed E-state index contributed by atoms with van der Waals surface area (Å²) in [7, 11) is 0. The van der Waals surface area contributed by atoms with Gasteiger partial charge in [-0.1, -0.05) is 31.7 Å². The van der Waals surface area contributed by atoms with E-state index >= 15 is 0 Å². The van der Waals surface area contributed by atoms with Crippen LogP contribution in [0, 0.1) is 0 Å². The molecule has 0 fully saturated rings. The molecule has 5 N–H and O–H groups in total. The molecule has 190 valence electrons. The highest BCUT2D eigenvalue weighted by Gasteiger charge is 2.30. The van der Waals surface area contributed by atoms with E-state index in [9.17, 15) is 13.2 Å². The number of hydrogen-bond donors (Lipinski definition) is 4. The lowest BCUT2D eigenvalue weighted by Gasteiger charge is -2.08. The second-order valence-electron chi connectivity index (χ2n) is 6.82. The molecular weight excluding hydrogens is 495 g/mol. The summed E-state index contributed by atoms with van der Waals surface area (Å²) in [5, 5.41) is 18.8. The van der Waals surface area contributed by atoms with E-state index in [-0.39, 0.29) is 29.9 Å². The third-order valence-corrected chi connectivity index (χ3v) is 5.13. The molecule has 2 heterocycles. The normalized spacial score (nSPS) is 10.9. The Morgan fingerprint density at radius 2 is 1.81 bits per heavy atom. The Morgan fingerprint density at radius 1 is 1.06 bits per heavy atom. The van der Waals surface area contributed by atoms with Crippen LogP contribution in [0.3, 0.4) is 0 Å². The summed E-state index contributed by atoms with van der Waals surface area (Å²) in [6.45, 7) is 3.99. The van der Waals surface area contributed by atoms with Gasteiger partial charge >= 0.3 is 6.18 Å². The molecule has 0 aliphatic heterocycles. The van der Waals surface area contributed by atoms with Gasteiger partial charge in [-0.25, -0.2) is 4.98 Å². The minimum atomic E-state index is -4.44. The van der Waals surface area contributed by atoms with Crippen LogP contribution in [0.5, 0.6) is 11.6 Å². The summed E-state index contributed by atoms with van der Waals surface area (Å²) in [6.07, 6.45) is -4.44. The minimum Gasteiger partial charge on any atom is -0.439 e. The molecule has 0 unspecified atom stereocenters. The van der Waals surface area contributed by atoms with Gasteiger partial charge in [0.05, 0.1) is 12.2 Å². The van der Waals surface area contributed by atoms with Gasteiger partial charge in [0, 0.05) is 23.1 Å². The van der Waals surface area contributed by atoms with Crippen molar-refractivity contribution in [2.45, 2.75) is 25.2 Å². The van der Waals surface area contributed by atoms with E-state index in [0.717, 1.165) is 12.1 Å². The number of aromatic nitrogens is 5. The summed E-state index contributed by atoms with van der Waals surface area (Å²) in [5.74, 6) is 1.95. The molecule has 0 saturated heterocycles. The predicted octanol–water partition coefficient (Wildman–Crippen LogP) is 5.51. The van der Waals surface area contributed by atoms with Gasteiger partial charge in [0.15, 0.2) is 11.0 Å². The maximum atomic E-state index is 12.9. The highest BCUT2D eigenvalue weighted by molar-refractivity contribution is 7.99. The Hall–Kier alpha value is -3.84. The molecule has 0 aliphatic carbocycles. The van der Waals surface area contributed by atoms with E-state index in [1.165, 1.54) is 30.0 Å². The molecule has 4 rings (SSSR count). The molecule has 9 nitrogen and oxygen atoms in total. The minimum absolute atomic E-state index is 0.0146. The first-order valence-corrected chi connectivity index (χ1v) is 11.8. The van der Waals surface area contributed by atoms with Crippen LogP contribution in [-0.2, 0) is 6.18 Å². The highest BCUT2D eigenvalue weighted by Crippen LogP contribution is 2.31. The molecule has 0 spiro atoms. The number of nitrogens with one attached hydrogen (secondary N) is 2. The fourth-order valence-electron chi connectivity index (χ4n) is 2.83. The first-order chi connectivity index (χ1) is 17.3. The molecule has 2 aromatic heterocycles. The summed E-state index contributed by atoms with van der Waals surface area (Å²) in [5.41, 5.74) is 5.91. The number of aromatic amines is 1. The molecule has 0 bridgehead atoms. The topological polar surface area (TPSA) is 135 Å². The number of rotatable bonds is 8. The zero-order valence-corrected chi connectivity index (χ0v) is 20.2. The van der Waals surface area contributed by atoms with E-state index in [1.807, 2.05) is 13.8 Å². The van der Waals surface area contributed by atoms with Crippen molar-refractivity contribution in [3.05, 3.63) is 60.2 Å². The number of nitrogens with two attached hydrogens (primary N) is 1. The SMILES string of the molecule is CC.Nc1cc(Oc2ccc(-c3nc(Nc4cccc(C(F)(F)F)c4)n[nH]3)cc2)nc(SCCO)n1. The van der Waals surface area contributed by atoms with Gasteiger partial charge in [-0.2, -0.15) is 23.1 Å². The second-order valence-corrected chi connectivity index (χ2v) is 7.89. The quantitative estimate of drug-likeness (QED) is 0.176. The number of benzene rings is 2. The molecular formula is C23H24F3N7O2S. The van der Waals surface area contributed by atoms with Crippen LogP contribution in [0.1, 0.15) is 19.4 Å². The Labute approximate surface area is 209 Å². The standard InChI is InChI=1S/C21H18F3N7O2S.C2H6/c22-21(23,24)13-2-1-3-14(10-13)26-19-29-18(30-31-19)12-4-6-15(7-5-12)33-17-11-16(25)27-20(28-17)34-9-8-32;1-2/h1-7,10-11,32H,8-9H2,(H2,25,27,28)(H2,26,29,30,31);1-2H3. The number of halogens is 3. The van der Waals surface area contributed by atoms with Gasteiger partial charge in [0.2, 0.25) is 11.8 Å². The van der Waals surface area contributed by atoms with Crippen molar-refractivity contribution >= 4 is 29.2 Å². The molecule has 0 saturated carbocycles. The maximum absolute atomic E-state index is 12.9. The Kier molecular flexibility index (Phi) is 9.08. The van der Waals surface area contributed by atoms with Gasteiger partial charge in [0.1, 0.15) is 11.6 Å². The molecule has 0 aliphatic rings. The van der Waals surface area contributed by atoms with Crippen LogP contribution >= 0.6 is 11.8 Å². The van der Waals surface area contributed by atoms with E-state index in [4.69, 9.17) is 15.6 Å². The fraction of sp³-hybridized carbons (Fsp3) is 0.217. The number of aliphatic hydroxyl groups excluding tert-OH is 1. The van der Waals surface area contributed by atoms with Crippen LogP contribution in [0.25, 0.3) is 11.4 Å². The van der Waals surface area contributed by atoms with Gasteiger partial charge < -0.3 is 20.9 Å². The van der Waals surface area contributed by atoms with E-state index < -0.39 is 11.7 Å². The van der Waals surface area contributed by atoms with Crippen LogP contribution in [0.2, 0.25) is 0 Å². The summed E-state index contributed by atoms with van der Waals surface area (Å²) in [6, 6.07) is 13.1. The Balaban J connectivity index is 0.00000176. The monoisotopic (exact) mass is 519 g/mol. The van der Waals surface area contributed by atoms with E-state index in [2.05, 4.69) is 30.5 Å². The van der Waals surface area contributed by atoms with Gasteiger partial charge in [-0.3, -0.25) is 5.10 Å². The molecule has 0 amide bonds. The van der Waals surface area contributed by atoms with Crippen LogP contribution in [-0.4, -0.2) is 42.6 Å². The average molecular weight is 520 g/mol. The summed E-state index contributed by atoms with van der Waals surface area (Å²) < 4.78 is 44.4. The number of anilines is 3. The van der Waals surface area contributed by atoms with Gasteiger partial charge in [-0.15, -0.1) is 5.10 Å². The van der Waals surface area contributed by atoms with E-state index in [1.54, 1.807) is 24.3 Å². The number of aliphatic hydroxyl groups is 1. The van der Waals surface area contributed by atoms with Crippen molar-refractivity contribution in [2.75, 3.05) is 23.4 Å². The Morgan fingerprint density at radius 3 is 2.50 bits per heavy atom. The zero-order chi connectivity index (χ0) is 26.1. The fourth-order valence-corrected chi connectivity index (χ4v) is 3.42. The van der Waals surface area contributed by atoms with Crippen LogP contribution in [0.4, 0.5) is 30.6 Å². The molecule has 0 atom stereocenters. The first kappa shape index (κ1) is 26.8. The second kappa shape index (κ2) is 12.2. The molecule has 2 aromatic carbocycles. The van der Waals surface area contributed by atoms with Crippen molar-refractivity contribution in [2.24, 2.45) is 0 Å². The zero-order valence-electron chi connectivity index (χ0n) is 19.4. The lowest BCUT2D eigenvalue weighted by Crippen LogP contribution is -2.05. The van der Waals surface area contributed by atoms with Crippen molar-refractivity contribution in [3.63, 3.8) is 0 Å². The number of ether oxygens (including phenoxy) is 1. The van der Waals surface area contributed by atoms with Crippen LogP contribution in [0.15, 0.2) is 59.8 Å². The molecule has 4 aromatic rings. The Bertz CT molecular complexity index is 1270. The lowest BCUT2D eigenvalue weighted by molar-refractivity contribution is -0.137. The predicted molar refractivity (Wildman–Crippen MR) is 132 cm³/mol. The summed E-state index contributed by atoms with van der Waals surface area (Å²) in [4.78, 5) is 12.6. The average Bonchev–Trinajstić information content (AvgIpc) is 3.32. The van der Waals surface area contributed by atoms with E-state index in [0.29, 0.717) is 28.0 Å². The lowest BCUT2D eigenvalue weighted by atomic mass is 10.2. The van der Waals surface area contributed by atoms with Crippen molar-refractivity contribution in [1.29, 1.82) is 0 Å². The number of nitrogens with zero attached hydrogens (tertiary/aromatic N) is 4. The number of alkyl halides is 3. The van der Waals surface area contributed by atoms with Crippen molar-refractivity contribution in [3.8, 4) is 23.0 Å². The van der Waals surface area contributed by atoms with Crippen LogP contribution < -0.4 is 15.8 Å². The number of H-pyrrole nitrogens is 1. The third kappa shape index (κ3) is 7.33. The highest BCUT2D eigenvalue weighted by atomic mass is 32.2. The van der Waals surface area contributed by atoms with Crippen molar-refractivity contribution < 1.29 is 23.0 Å². The molecule has 36 heavy (non-hydrogen) atoms. The smallest absolute Gasteiger partial charge is 0.416 e. The summed E-state index contributed by atoms with van der Waals surface area (Å²) >= 11 is 1.25. The third-order valence-electron chi connectivity index (χ3n) is 4.31. The van der Waals surface area contributed by atoms with Gasteiger partial charge in [0.25, 0.3) is 0 Å². The largest absolute Gasteiger partial charge is 0.439 e. The first-order valence-electron chi connectivity index (χ1n) is 10.8. The molecule has 13 heteroatoms. The van der Waals surface area contributed by atoms with Gasteiger partial charge in [-0.05, 0) is 42.5 Å². The number of hydrogen-bond acceptors (Lipinski definition) is 9. The number of thioether (sulfide) groups is 1.